The highest BCUT2D eigenvalue weighted by Crippen LogP contribution is 2.41. The molecule has 2 unspecified atom stereocenters. The van der Waals surface area contributed by atoms with E-state index >= 15 is 0 Å². The Morgan fingerprint density at radius 1 is 1.25 bits per heavy atom. The van der Waals surface area contributed by atoms with E-state index in [0.717, 1.165) is 31.2 Å². The molecule has 2 bridgehead atoms. The van der Waals surface area contributed by atoms with E-state index in [9.17, 15) is 9.59 Å². The molecule has 1 saturated carbocycles. The molecule has 20 heavy (non-hydrogen) atoms. The first-order chi connectivity index (χ1) is 9.69. The van der Waals surface area contributed by atoms with Crippen LogP contribution in [0.25, 0.3) is 0 Å². The lowest BCUT2D eigenvalue weighted by molar-refractivity contribution is -0.118. The van der Waals surface area contributed by atoms with Crippen LogP contribution in [0.2, 0.25) is 0 Å². The van der Waals surface area contributed by atoms with E-state index in [2.05, 4.69) is 0 Å². The third-order valence-electron chi connectivity index (χ3n) is 4.35. The van der Waals surface area contributed by atoms with Gasteiger partial charge >= 0.3 is 5.97 Å². The van der Waals surface area contributed by atoms with Crippen LogP contribution in [0.3, 0.4) is 0 Å². The number of hydrogen-bond acceptors (Lipinski definition) is 3. The fourth-order valence-electron chi connectivity index (χ4n) is 3.18. The minimum absolute atomic E-state index is 0.116. The molecule has 0 aliphatic heterocycles. The van der Waals surface area contributed by atoms with Crippen LogP contribution < -0.4 is 0 Å². The van der Waals surface area contributed by atoms with Gasteiger partial charge in [0.15, 0.2) is 5.78 Å². The first-order valence-electron chi connectivity index (χ1n) is 7.24. The molecule has 3 heteroatoms. The summed E-state index contributed by atoms with van der Waals surface area (Å²) in [5, 5.41) is 0. The van der Waals surface area contributed by atoms with Crippen LogP contribution in [0.1, 0.15) is 42.1 Å². The number of carbonyl (C=O) groups excluding carboxylic acids is 2. The van der Waals surface area contributed by atoms with E-state index in [-0.39, 0.29) is 23.6 Å². The zero-order chi connectivity index (χ0) is 14.1. The summed E-state index contributed by atoms with van der Waals surface area (Å²) >= 11 is 0. The first kappa shape index (κ1) is 13.1. The number of carbonyl (C=O) groups is 2. The Hall–Kier alpha value is -1.90. The lowest BCUT2D eigenvalue weighted by Crippen LogP contribution is -2.19. The van der Waals surface area contributed by atoms with Gasteiger partial charge in [0.25, 0.3) is 0 Å². The summed E-state index contributed by atoms with van der Waals surface area (Å²) in [5.74, 6) is 0.748. The van der Waals surface area contributed by atoms with Gasteiger partial charge in [0.1, 0.15) is 5.76 Å². The van der Waals surface area contributed by atoms with Crippen molar-refractivity contribution < 1.29 is 14.3 Å². The van der Waals surface area contributed by atoms with Crippen molar-refractivity contribution in [2.45, 2.75) is 32.6 Å². The molecule has 0 saturated heterocycles. The Morgan fingerprint density at radius 3 is 2.80 bits per heavy atom. The van der Waals surface area contributed by atoms with Gasteiger partial charge in [-0.05, 0) is 37.3 Å². The molecule has 2 aliphatic rings. The monoisotopic (exact) mass is 270 g/mol. The van der Waals surface area contributed by atoms with Crippen molar-refractivity contribution in [1.82, 2.24) is 0 Å². The molecular weight excluding hydrogens is 252 g/mol. The predicted octanol–water partition coefficient (Wildman–Crippen LogP) is 3.29. The quantitative estimate of drug-likeness (QED) is 0.792. The van der Waals surface area contributed by atoms with Crippen LogP contribution in [-0.4, -0.2) is 11.8 Å². The lowest BCUT2D eigenvalue weighted by Gasteiger charge is -2.19. The highest BCUT2D eigenvalue weighted by Gasteiger charge is 2.37. The van der Waals surface area contributed by atoms with Gasteiger partial charge in [0.05, 0.1) is 5.56 Å². The molecule has 2 aliphatic carbocycles. The maximum Gasteiger partial charge on any atom is 0.343 e. The molecular formula is C17H18O3. The summed E-state index contributed by atoms with van der Waals surface area (Å²) in [7, 11) is 0. The number of fused-ring (bicyclic) bond motifs is 2. The van der Waals surface area contributed by atoms with Crippen molar-refractivity contribution >= 4 is 11.8 Å². The molecule has 1 aromatic rings. The van der Waals surface area contributed by atoms with Crippen LogP contribution >= 0.6 is 0 Å². The Balaban J connectivity index is 1.81. The molecule has 0 heterocycles. The molecule has 0 aromatic heterocycles. The number of hydrogen-bond donors (Lipinski definition) is 0. The Bertz CT molecular complexity index is 586. The Morgan fingerprint density at radius 2 is 2.00 bits per heavy atom. The number of allylic oxidation sites excluding steroid dienone is 2. The molecule has 1 fully saturated rings. The highest BCUT2D eigenvalue weighted by molar-refractivity contribution is 5.95. The number of aryl methyl sites for hydroxylation is 1. The zero-order valence-corrected chi connectivity index (χ0v) is 11.6. The fraction of sp³-hybridized carbons (Fsp3) is 0.412. The third-order valence-corrected chi connectivity index (χ3v) is 4.35. The summed E-state index contributed by atoms with van der Waals surface area (Å²) in [6.07, 6.45) is 5.04. The minimum Gasteiger partial charge on any atom is -0.427 e. The standard InChI is InChI=1S/C17H18O3/c1-2-11-5-3-4-6-14(11)17(19)20-16-10-15(18)12-7-8-13(16)9-12/h3-6,10,12-13H,2,7-9H2,1H3. The molecule has 3 nitrogen and oxygen atoms in total. The van der Waals surface area contributed by atoms with Crippen molar-refractivity contribution in [3.63, 3.8) is 0 Å². The normalized spacial score (nSPS) is 24.4. The van der Waals surface area contributed by atoms with Crippen molar-refractivity contribution in [2.24, 2.45) is 11.8 Å². The predicted molar refractivity (Wildman–Crippen MR) is 75.2 cm³/mol. The molecule has 104 valence electrons. The van der Waals surface area contributed by atoms with E-state index in [0.29, 0.717) is 11.3 Å². The Kier molecular flexibility index (Phi) is 3.43. The maximum absolute atomic E-state index is 12.3. The molecule has 0 amide bonds. The number of benzene rings is 1. The average Bonchev–Trinajstić information content (AvgIpc) is 2.90. The second-order valence-corrected chi connectivity index (χ2v) is 5.56. The van der Waals surface area contributed by atoms with Crippen LogP contribution in [0.5, 0.6) is 0 Å². The van der Waals surface area contributed by atoms with Crippen LogP contribution in [-0.2, 0) is 16.0 Å². The highest BCUT2D eigenvalue weighted by atomic mass is 16.5. The van der Waals surface area contributed by atoms with Gasteiger partial charge in [-0.1, -0.05) is 25.1 Å². The average molecular weight is 270 g/mol. The van der Waals surface area contributed by atoms with Crippen LogP contribution in [0, 0.1) is 11.8 Å². The van der Waals surface area contributed by atoms with Gasteiger partial charge in [-0.15, -0.1) is 0 Å². The molecule has 3 rings (SSSR count). The van der Waals surface area contributed by atoms with Gasteiger partial charge in [-0.2, -0.15) is 0 Å². The first-order valence-corrected chi connectivity index (χ1v) is 7.24. The maximum atomic E-state index is 12.3. The number of ketones is 1. The van der Waals surface area contributed by atoms with Gasteiger partial charge in [-0.3, -0.25) is 4.79 Å². The molecule has 1 aromatic carbocycles. The molecule has 2 atom stereocenters. The van der Waals surface area contributed by atoms with Crippen molar-refractivity contribution in [1.29, 1.82) is 0 Å². The van der Waals surface area contributed by atoms with Crippen LogP contribution in [0.4, 0.5) is 0 Å². The van der Waals surface area contributed by atoms with E-state index in [1.165, 1.54) is 6.08 Å². The van der Waals surface area contributed by atoms with Gasteiger partial charge in [0.2, 0.25) is 0 Å². The van der Waals surface area contributed by atoms with Gasteiger partial charge in [-0.25, -0.2) is 4.79 Å². The van der Waals surface area contributed by atoms with E-state index in [1.54, 1.807) is 6.07 Å². The largest absolute Gasteiger partial charge is 0.427 e. The smallest absolute Gasteiger partial charge is 0.343 e. The third kappa shape index (κ3) is 2.28. The SMILES string of the molecule is CCc1ccccc1C(=O)OC1=CC(=O)C2CCC1C2. The number of ether oxygens (including phenoxy) is 1. The number of esters is 1. The minimum atomic E-state index is -0.341. The van der Waals surface area contributed by atoms with E-state index < -0.39 is 0 Å². The van der Waals surface area contributed by atoms with Gasteiger partial charge < -0.3 is 4.74 Å². The summed E-state index contributed by atoms with van der Waals surface area (Å²) in [6, 6.07) is 7.47. The summed E-state index contributed by atoms with van der Waals surface area (Å²) in [5.41, 5.74) is 1.58. The molecule has 0 spiro atoms. The Labute approximate surface area is 118 Å². The van der Waals surface area contributed by atoms with E-state index in [1.807, 2.05) is 25.1 Å². The summed E-state index contributed by atoms with van der Waals surface area (Å²) < 4.78 is 5.52. The fourth-order valence-corrected chi connectivity index (χ4v) is 3.18. The zero-order valence-electron chi connectivity index (χ0n) is 11.6. The van der Waals surface area contributed by atoms with Gasteiger partial charge in [0, 0.05) is 17.9 Å². The summed E-state index contributed by atoms with van der Waals surface area (Å²) in [6.45, 7) is 2.01. The second kappa shape index (κ2) is 5.23. The molecule has 0 radical (unpaired) electrons. The van der Waals surface area contributed by atoms with Crippen molar-refractivity contribution in [3.05, 3.63) is 47.2 Å². The number of rotatable bonds is 3. The van der Waals surface area contributed by atoms with Crippen LogP contribution in [0.15, 0.2) is 36.1 Å². The molecule has 0 N–H and O–H groups in total. The second-order valence-electron chi connectivity index (χ2n) is 5.56. The van der Waals surface area contributed by atoms with E-state index in [4.69, 9.17) is 4.74 Å². The summed E-state index contributed by atoms with van der Waals surface area (Å²) in [4.78, 5) is 24.1. The van der Waals surface area contributed by atoms with Crippen molar-refractivity contribution in [2.75, 3.05) is 0 Å². The van der Waals surface area contributed by atoms with Crippen molar-refractivity contribution in [3.8, 4) is 0 Å². The lowest BCUT2D eigenvalue weighted by atomic mass is 9.93. The topological polar surface area (TPSA) is 43.4 Å².